The van der Waals surface area contributed by atoms with Gasteiger partial charge < -0.3 is 9.67 Å². The first-order valence-electron chi connectivity index (χ1n) is 2.81. The molecule has 0 unspecified atom stereocenters. The zero-order valence-corrected chi connectivity index (χ0v) is 5.57. The molecule has 0 atom stereocenters. The van der Waals surface area contributed by atoms with Crippen molar-refractivity contribution in [3.8, 4) is 6.07 Å². The van der Waals surface area contributed by atoms with E-state index in [9.17, 15) is 0 Å². The van der Waals surface area contributed by atoms with Crippen LogP contribution in [0.3, 0.4) is 0 Å². The first kappa shape index (κ1) is 6.78. The van der Waals surface area contributed by atoms with Gasteiger partial charge in [-0.3, -0.25) is 0 Å². The lowest BCUT2D eigenvalue weighted by molar-refractivity contribution is 0.267. The Morgan fingerprint density at radius 2 is 2.60 bits per heavy atom. The van der Waals surface area contributed by atoms with Gasteiger partial charge in [0, 0.05) is 7.05 Å². The van der Waals surface area contributed by atoms with Crippen molar-refractivity contribution in [2.75, 3.05) is 0 Å². The van der Waals surface area contributed by atoms with Crippen molar-refractivity contribution in [2.24, 2.45) is 7.05 Å². The number of rotatable bonds is 1. The number of imidazole rings is 1. The summed E-state index contributed by atoms with van der Waals surface area (Å²) in [5.41, 5.74) is 0.462. The van der Waals surface area contributed by atoms with Crippen LogP contribution in [0.25, 0.3) is 0 Å². The van der Waals surface area contributed by atoms with Crippen molar-refractivity contribution in [3.63, 3.8) is 0 Å². The second-order valence-electron chi connectivity index (χ2n) is 1.89. The molecular weight excluding hydrogens is 130 g/mol. The average molecular weight is 137 g/mol. The Balaban J connectivity index is 3.12. The predicted octanol–water partition coefficient (Wildman–Crippen LogP) is -0.216. The second-order valence-corrected chi connectivity index (χ2v) is 1.89. The molecule has 0 radical (unpaired) electrons. The maximum absolute atomic E-state index is 8.63. The van der Waals surface area contributed by atoms with E-state index >= 15 is 0 Å². The van der Waals surface area contributed by atoms with Crippen molar-refractivity contribution in [3.05, 3.63) is 17.7 Å². The average Bonchev–Trinajstić information content (AvgIpc) is 2.30. The van der Waals surface area contributed by atoms with E-state index in [1.807, 2.05) is 6.07 Å². The lowest BCUT2D eigenvalue weighted by Gasteiger charge is -1.95. The molecule has 1 heterocycles. The lowest BCUT2D eigenvalue weighted by Crippen LogP contribution is -1.98. The highest BCUT2D eigenvalue weighted by Gasteiger charge is 2.02. The fourth-order valence-corrected chi connectivity index (χ4v) is 0.699. The van der Waals surface area contributed by atoms with Crippen LogP contribution >= 0.6 is 0 Å². The zero-order valence-electron chi connectivity index (χ0n) is 5.57. The molecule has 0 saturated carbocycles. The van der Waals surface area contributed by atoms with E-state index < -0.39 is 0 Å². The van der Waals surface area contributed by atoms with Gasteiger partial charge in [-0.15, -0.1) is 0 Å². The third-order valence-corrected chi connectivity index (χ3v) is 1.34. The first-order valence-corrected chi connectivity index (χ1v) is 2.81. The van der Waals surface area contributed by atoms with Crippen molar-refractivity contribution in [1.29, 1.82) is 5.26 Å². The van der Waals surface area contributed by atoms with Gasteiger partial charge >= 0.3 is 0 Å². The van der Waals surface area contributed by atoms with Gasteiger partial charge in [-0.05, 0) is 0 Å². The van der Waals surface area contributed by atoms with Crippen LogP contribution < -0.4 is 0 Å². The van der Waals surface area contributed by atoms with E-state index in [4.69, 9.17) is 10.4 Å². The normalized spacial score (nSPS) is 9.30. The Kier molecular flexibility index (Phi) is 1.69. The zero-order chi connectivity index (χ0) is 7.56. The van der Waals surface area contributed by atoms with Crippen LogP contribution in [0, 0.1) is 11.3 Å². The first-order chi connectivity index (χ1) is 4.79. The Hall–Kier alpha value is -1.34. The highest BCUT2D eigenvalue weighted by molar-refractivity contribution is 5.19. The lowest BCUT2D eigenvalue weighted by atomic mass is 10.5. The molecular formula is C6H7N3O. The largest absolute Gasteiger partial charge is 0.388 e. The second kappa shape index (κ2) is 2.50. The molecule has 0 saturated heterocycles. The Labute approximate surface area is 58.4 Å². The van der Waals surface area contributed by atoms with Crippen LogP contribution in [0.4, 0.5) is 0 Å². The van der Waals surface area contributed by atoms with Crippen LogP contribution in [-0.2, 0) is 13.7 Å². The van der Waals surface area contributed by atoms with E-state index in [2.05, 4.69) is 4.98 Å². The van der Waals surface area contributed by atoms with Gasteiger partial charge in [-0.2, -0.15) is 5.26 Å². The molecule has 0 aliphatic carbocycles. The topological polar surface area (TPSA) is 61.8 Å². The molecule has 0 aliphatic heterocycles. The Bertz CT molecular complexity index is 271. The van der Waals surface area contributed by atoms with E-state index in [1.54, 1.807) is 11.6 Å². The number of aliphatic hydroxyl groups is 1. The molecule has 0 bridgehead atoms. The molecule has 1 aromatic rings. The van der Waals surface area contributed by atoms with Crippen LogP contribution in [-0.4, -0.2) is 14.7 Å². The molecule has 0 aliphatic rings. The van der Waals surface area contributed by atoms with Gasteiger partial charge in [0.1, 0.15) is 24.2 Å². The van der Waals surface area contributed by atoms with Crippen LogP contribution in [0.5, 0.6) is 0 Å². The number of hydrogen-bond donors (Lipinski definition) is 1. The maximum Gasteiger partial charge on any atom is 0.139 e. The summed E-state index contributed by atoms with van der Waals surface area (Å²) < 4.78 is 1.56. The fourth-order valence-electron chi connectivity index (χ4n) is 0.699. The van der Waals surface area contributed by atoms with Gasteiger partial charge in [-0.25, -0.2) is 4.98 Å². The summed E-state index contributed by atoms with van der Waals surface area (Å²) in [5.74, 6) is 0.511. The van der Waals surface area contributed by atoms with Crippen molar-refractivity contribution in [2.45, 2.75) is 6.61 Å². The SMILES string of the molecule is Cn1c(C#N)cnc1CO. The molecule has 0 spiro atoms. The van der Waals surface area contributed by atoms with E-state index in [1.165, 1.54) is 6.20 Å². The Morgan fingerprint density at radius 3 is 2.90 bits per heavy atom. The smallest absolute Gasteiger partial charge is 0.139 e. The van der Waals surface area contributed by atoms with E-state index in [0.717, 1.165) is 0 Å². The summed E-state index contributed by atoms with van der Waals surface area (Å²) in [6, 6.07) is 1.94. The van der Waals surface area contributed by atoms with Crippen molar-refractivity contribution >= 4 is 0 Å². The molecule has 0 fully saturated rings. The minimum atomic E-state index is -0.127. The summed E-state index contributed by atoms with van der Waals surface area (Å²) in [5, 5.41) is 17.1. The van der Waals surface area contributed by atoms with Gasteiger partial charge in [0.25, 0.3) is 0 Å². The summed E-state index contributed by atoms with van der Waals surface area (Å²) in [6.45, 7) is -0.127. The molecule has 1 N–H and O–H groups in total. The molecule has 52 valence electrons. The molecule has 4 nitrogen and oxygen atoms in total. The summed E-state index contributed by atoms with van der Waals surface area (Å²) in [6.07, 6.45) is 1.44. The fraction of sp³-hybridized carbons (Fsp3) is 0.333. The molecule has 1 aromatic heterocycles. The van der Waals surface area contributed by atoms with Crippen LogP contribution in [0.2, 0.25) is 0 Å². The number of nitriles is 1. The number of aromatic nitrogens is 2. The van der Waals surface area contributed by atoms with Crippen molar-refractivity contribution < 1.29 is 5.11 Å². The van der Waals surface area contributed by atoms with Gasteiger partial charge in [0.2, 0.25) is 0 Å². The van der Waals surface area contributed by atoms with Gasteiger partial charge in [0.15, 0.2) is 0 Å². The third kappa shape index (κ3) is 0.870. The number of hydrogen-bond acceptors (Lipinski definition) is 3. The number of nitrogens with zero attached hydrogens (tertiary/aromatic N) is 3. The minimum absolute atomic E-state index is 0.127. The molecule has 10 heavy (non-hydrogen) atoms. The highest BCUT2D eigenvalue weighted by atomic mass is 16.3. The van der Waals surface area contributed by atoms with Gasteiger partial charge in [0.05, 0.1) is 6.20 Å². The molecule has 0 aromatic carbocycles. The van der Waals surface area contributed by atoms with Crippen LogP contribution in [0.15, 0.2) is 6.20 Å². The number of aliphatic hydroxyl groups excluding tert-OH is 1. The Morgan fingerprint density at radius 1 is 1.90 bits per heavy atom. The predicted molar refractivity (Wildman–Crippen MR) is 33.8 cm³/mol. The van der Waals surface area contributed by atoms with Crippen LogP contribution in [0.1, 0.15) is 11.5 Å². The van der Waals surface area contributed by atoms with Crippen molar-refractivity contribution in [1.82, 2.24) is 9.55 Å². The molecule has 1 rings (SSSR count). The monoisotopic (exact) mass is 137 g/mol. The maximum atomic E-state index is 8.63. The third-order valence-electron chi connectivity index (χ3n) is 1.34. The quantitative estimate of drug-likeness (QED) is 0.582. The summed E-state index contributed by atoms with van der Waals surface area (Å²) >= 11 is 0. The van der Waals surface area contributed by atoms with E-state index in [0.29, 0.717) is 11.5 Å². The summed E-state index contributed by atoms with van der Waals surface area (Å²) in [4.78, 5) is 3.80. The molecule has 4 heteroatoms. The van der Waals surface area contributed by atoms with E-state index in [-0.39, 0.29) is 6.61 Å². The standard InChI is InChI=1S/C6H7N3O/c1-9-5(2-7)3-8-6(9)4-10/h3,10H,4H2,1H3. The highest BCUT2D eigenvalue weighted by Crippen LogP contribution is 1.99. The minimum Gasteiger partial charge on any atom is -0.388 e. The van der Waals surface area contributed by atoms with Gasteiger partial charge in [-0.1, -0.05) is 0 Å². The molecule has 0 amide bonds. The summed E-state index contributed by atoms with van der Waals surface area (Å²) in [7, 11) is 1.69.